The Morgan fingerprint density at radius 2 is 1.62 bits per heavy atom. The maximum absolute atomic E-state index is 13.0. The highest BCUT2D eigenvalue weighted by Gasteiger charge is 2.23. The maximum Gasteiger partial charge on any atom is 0.419 e. The summed E-state index contributed by atoms with van der Waals surface area (Å²) < 4.78 is 25.5. The topological polar surface area (TPSA) is 89.1 Å². The monoisotopic (exact) mass is 500 g/mol. The molecule has 3 heterocycles. The number of carbonyl (C=O) groups excluding carboxylic acids is 1. The lowest BCUT2D eigenvalue weighted by molar-refractivity contribution is 0.0544. The van der Waals surface area contributed by atoms with Crippen molar-refractivity contribution in [3.8, 4) is 39.8 Å². The number of rotatable bonds is 5. The van der Waals surface area contributed by atoms with Gasteiger partial charge in [0.2, 0.25) is 5.75 Å². The summed E-state index contributed by atoms with van der Waals surface area (Å²) in [6, 6.07) is 15.2. The molecule has 2 aromatic carbocycles. The minimum absolute atomic E-state index is 0.449. The predicted octanol–water partition coefficient (Wildman–Crippen LogP) is 5.83. The summed E-state index contributed by atoms with van der Waals surface area (Å²) in [6.07, 6.45) is 3.04. The number of aromatic nitrogens is 4. The fourth-order valence-electron chi connectivity index (χ4n) is 4.32. The van der Waals surface area contributed by atoms with Gasteiger partial charge in [-0.3, -0.25) is 4.57 Å². The molecule has 0 amide bonds. The molecule has 0 aliphatic carbocycles. The van der Waals surface area contributed by atoms with Gasteiger partial charge in [0.05, 0.1) is 38.2 Å². The number of hydrogen-bond acceptors (Lipinski definition) is 7. The van der Waals surface area contributed by atoms with Crippen molar-refractivity contribution in [3.63, 3.8) is 0 Å². The lowest BCUT2D eigenvalue weighted by Crippen LogP contribution is -2.26. The number of ether oxygens (including phenoxy) is 4. The lowest BCUT2D eigenvalue weighted by atomic mass is 10.1. The molecule has 9 nitrogen and oxygen atoms in total. The third kappa shape index (κ3) is 4.33. The summed E-state index contributed by atoms with van der Waals surface area (Å²) in [7, 11) is 4.73. The van der Waals surface area contributed by atoms with Gasteiger partial charge in [-0.1, -0.05) is 18.2 Å². The average Bonchev–Trinajstić information content (AvgIpc) is 3.48. The Kier molecular flexibility index (Phi) is 5.99. The van der Waals surface area contributed by atoms with Gasteiger partial charge in [-0.25, -0.2) is 14.3 Å². The van der Waals surface area contributed by atoms with Gasteiger partial charge in [-0.15, -0.1) is 0 Å². The maximum atomic E-state index is 13.0. The van der Waals surface area contributed by atoms with E-state index in [1.807, 2.05) is 69.3 Å². The molecular formula is C28H28N4O5. The number of nitrogens with zero attached hydrogens (tertiary/aromatic N) is 4. The van der Waals surface area contributed by atoms with Gasteiger partial charge in [0.15, 0.2) is 17.1 Å². The van der Waals surface area contributed by atoms with Gasteiger partial charge < -0.3 is 18.9 Å². The molecule has 0 saturated carbocycles. The van der Waals surface area contributed by atoms with Crippen molar-refractivity contribution >= 4 is 22.6 Å². The van der Waals surface area contributed by atoms with Gasteiger partial charge in [-0.05, 0) is 45.0 Å². The molecule has 0 unspecified atom stereocenters. The van der Waals surface area contributed by atoms with Crippen LogP contribution in [0, 0.1) is 0 Å². The van der Waals surface area contributed by atoms with Crippen LogP contribution in [0.4, 0.5) is 4.79 Å². The predicted molar refractivity (Wildman–Crippen MR) is 141 cm³/mol. The average molecular weight is 501 g/mol. The highest BCUT2D eigenvalue weighted by molar-refractivity contribution is 6.00. The molecule has 0 aliphatic rings. The first-order valence-electron chi connectivity index (χ1n) is 11.7. The van der Waals surface area contributed by atoms with Crippen LogP contribution in [0.5, 0.6) is 17.2 Å². The summed E-state index contributed by atoms with van der Waals surface area (Å²) in [5.74, 6) is 1.58. The van der Waals surface area contributed by atoms with Gasteiger partial charge in [0, 0.05) is 35.0 Å². The van der Waals surface area contributed by atoms with E-state index in [1.54, 1.807) is 38.2 Å². The number of fused-ring (bicyclic) bond motifs is 2. The van der Waals surface area contributed by atoms with E-state index in [4.69, 9.17) is 24.0 Å². The second-order valence-electron chi connectivity index (χ2n) is 9.45. The van der Waals surface area contributed by atoms with E-state index in [1.165, 1.54) is 4.57 Å². The number of carbonyl (C=O) groups is 1. The SMILES string of the molecule is COc1cc(-c2ccnc3cc(-c4cn(C(=O)OC(C)(C)C)c5ccccc45)nn23)cc(OC)c1OC. The van der Waals surface area contributed by atoms with Crippen molar-refractivity contribution in [3.05, 3.63) is 60.9 Å². The minimum Gasteiger partial charge on any atom is -0.493 e. The molecule has 0 bridgehead atoms. The molecule has 0 atom stereocenters. The first-order chi connectivity index (χ1) is 17.7. The fraction of sp³-hybridized carbons (Fsp3) is 0.250. The summed E-state index contributed by atoms with van der Waals surface area (Å²) in [5.41, 5.74) is 3.83. The Morgan fingerprint density at radius 3 is 2.27 bits per heavy atom. The van der Waals surface area contributed by atoms with Crippen LogP contribution in [0.15, 0.2) is 60.9 Å². The summed E-state index contributed by atoms with van der Waals surface area (Å²) in [6.45, 7) is 5.53. The van der Waals surface area contributed by atoms with E-state index >= 15 is 0 Å². The van der Waals surface area contributed by atoms with E-state index in [0.717, 1.165) is 27.7 Å². The molecule has 9 heteroatoms. The van der Waals surface area contributed by atoms with Crippen molar-refractivity contribution in [2.75, 3.05) is 21.3 Å². The molecular weight excluding hydrogens is 472 g/mol. The quantitative estimate of drug-likeness (QED) is 0.300. The van der Waals surface area contributed by atoms with Gasteiger partial charge in [0.1, 0.15) is 5.60 Å². The van der Waals surface area contributed by atoms with Gasteiger partial charge in [-0.2, -0.15) is 5.10 Å². The van der Waals surface area contributed by atoms with Crippen molar-refractivity contribution in [2.24, 2.45) is 0 Å². The number of hydrogen-bond donors (Lipinski definition) is 0. The Labute approximate surface area is 214 Å². The van der Waals surface area contributed by atoms with Crippen molar-refractivity contribution < 1.29 is 23.7 Å². The zero-order chi connectivity index (χ0) is 26.3. The Hall–Kier alpha value is -4.53. The van der Waals surface area contributed by atoms with Crippen LogP contribution in [0.25, 0.3) is 39.1 Å². The highest BCUT2D eigenvalue weighted by atomic mass is 16.6. The lowest BCUT2D eigenvalue weighted by Gasteiger charge is -2.19. The Bertz CT molecular complexity index is 1600. The zero-order valence-corrected chi connectivity index (χ0v) is 21.6. The second-order valence-corrected chi connectivity index (χ2v) is 9.45. The number of para-hydroxylation sites is 1. The molecule has 0 fully saturated rings. The highest BCUT2D eigenvalue weighted by Crippen LogP contribution is 2.41. The van der Waals surface area contributed by atoms with Gasteiger partial charge >= 0.3 is 6.09 Å². The molecule has 37 heavy (non-hydrogen) atoms. The molecule has 5 aromatic rings. The van der Waals surface area contributed by atoms with Crippen LogP contribution in [-0.2, 0) is 4.74 Å². The first-order valence-corrected chi connectivity index (χ1v) is 11.7. The molecule has 190 valence electrons. The Balaban J connectivity index is 1.67. The molecule has 5 rings (SSSR count). The van der Waals surface area contributed by atoms with Crippen molar-refractivity contribution in [2.45, 2.75) is 26.4 Å². The van der Waals surface area contributed by atoms with Crippen LogP contribution in [0.3, 0.4) is 0 Å². The largest absolute Gasteiger partial charge is 0.493 e. The number of benzene rings is 2. The molecule has 0 spiro atoms. The normalized spacial score (nSPS) is 11.6. The van der Waals surface area contributed by atoms with E-state index in [2.05, 4.69) is 4.98 Å². The molecule has 0 saturated heterocycles. The van der Waals surface area contributed by atoms with Crippen molar-refractivity contribution in [1.29, 1.82) is 0 Å². The summed E-state index contributed by atoms with van der Waals surface area (Å²) in [5, 5.41) is 5.77. The van der Waals surface area contributed by atoms with Crippen LogP contribution in [0.1, 0.15) is 20.8 Å². The molecule has 3 aromatic heterocycles. The van der Waals surface area contributed by atoms with E-state index in [-0.39, 0.29) is 0 Å². The standard InChI is InChI=1S/C28H28N4O5/c1-28(2,3)37-27(33)31-16-19(18-9-7-8-10-22(18)31)20-15-25-29-12-11-21(32(25)30-20)17-13-23(34-4)26(36-6)24(14-17)35-5/h7-16H,1-6H3. The fourth-order valence-corrected chi connectivity index (χ4v) is 4.32. The Morgan fingerprint density at radius 1 is 0.919 bits per heavy atom. The first kappa shape index (κ1) is 24.2. The van der Waals surface area contributed by atoms with E-state index in [9.17, 15) is 4.79 Å². The van der Waals surface area contributed by atoms with Crippen LogP contribution >= 0.6 is 0 Å². The van der Waals surface area contributed by atoms with E-state index < -0.39 is 11.7 Å². The molecule has 0 aliphatic heterocycles. The van der Waals surface area contributed by atoms with Crippen LogP contribution in [0.2, 0.25) is 0 Å². The second kappa shape index (κ2) is 9.16. The molecule has 0 N–H and O–H groups in total. The third-order valence-electron chi connectivity index (χ3n) is 5.90. The zero-order valence-electron chi connectivity index (χ0n) is 21.6. The smallest absolute Gasteiger partial charge is 0.419 e. The molecule has 0 radical (unpaired) electrons. The number of methoxy groups -OCH3 is 3. The minimum atomic E-state index is -0.620. The summed E-state index contributed by atoms with van der Waals surface area (Å²) in [4.78, 5) is 17.5. The summed E-state index contributed by atoms with van der Waals surface area (Å²) >= 11 is 0. The van der Waals surface area contributed by atoms with Gasteiger partial charge in [0.25, 0.3) is 0 Å². The third-order valence-corrected chi connectivity index (χ3v) is 5.90. The van der Waals surface area contributed by atoms with E-state index in [0.29, 0.717) is 28.6 Å². The van der Waals surface area contributed by atoms with Crippen LogP contribution < -0.4 is 14.2 Å². The van der Waals surface area contributed by atoms with Crippen molar-refractivity contribution in [1.82, 2.24) is 19.2 Å². The van der Waals surface area contributed by atoms with Crippen LogP contribution in [-0.4, -0.2) is 52.2 Å².